The lowest BCUT2D eigenvalue weighted by molar-refractivity contribution is -0.119. The topological polar surface area (TPSA) is 108 Å². The van der Waals surface area contributed by atoms with E-state index in [0.717, 1.165) is 11.4 Å². The van der Waals surface area contributed by atoms with Crippen molar-refractivity contribution in [2.45, 2.75) is 12.1 Å². The van der Waals surface area contributed by atoms with Crippen LogP contribution in [0.25, 0.3) is 11.3 Å². The van der Waals surface area contributed by atoms with E-state index in [1.165, 1.54) is 11.8 Å². The average Bonchev–Trinajstić information content (AvgIpc) is 2.93. The number of hydrogen-bond donors (Lipinski definition) is 1. The Kier molecular flexibility index (Phi) is 8.23. The highest BCUT2D eigenvalue weighted by atomic mass is 32.2. The Balaban J connectivity index is 1.64. The van der Waals surface area contributed by atoms with Crippen molar-refractivity contribution in [3.63, 3.8) is 0 Å². The zero-order chi connectivity index (χ0) is 26.2. The molecule has 37 heavy (non-hydrogen) atoms. The van der Waals surface area contributed by atoms with Gasteiger partial charge in [-0.15, -0.1) is 0 Å². The number of rotatable bonds is 9. The maximum Gasteiger partial charge on any atom is 0.270 e. The quantitative estimate of drug-likeness (QED) is 0.243. The van der Waals surface area contributed by atoms with E-state index >= 15 is 0 Å². The number of aromatic amines is 1. The van der Waals surface area contributed by atoms with Crippen molar-refractivity contribution in [2.75, 3.05) is 24.4 Å². The van der Waals surface area contributed by atoms with Crippen molar-refractivity contribution in [3.8, 4) is 28.8 Å². The Bertz CT molecular complexity index is 1440. The number of ether oxygens (including phenoxy) is 2. The first kappa shape index (κ1) is 25.5. The molecule has 0 unspecified atom stereocenters. The second-order valence-corrected chi connectivity index (χ2v) is 8.49. The van der Waals surface area contributed by atoms with Gasteiger partial charge in [0.2, 0.25) is 0 Å². The minimum atomic E-state index is -0.511. The average molecular weight is 513 g/mol. The summed E-state index contributed by atoms with van der Waals surface area (Å²) in [5, 5.41) is 9.92. The molecule has 0 aliphatic rings. The molecule has 0 atom stereocenters. The van der Waals surface area contributed by atoms with Crippen LogP contribution >= 0.6 is 11.8 Å². The van der Waals surface area contributed by atoms with Crippen LogP contribution in [0.5, 0.6) is 11.5 Å². The van der Waals surface area contributed by atoms with Gasteiger partial charge in [0.1, 0.15) is 11.6 Å². The highest BCUT2D eigenvalue weighted by Gasteiger charge is 2.20. The smallest absolute Gasteiger partial charge is 0.270 e. The second-order valence-electron chi connectivity index (χ2n) is 7.69. The fraction of sp³-hybridized carbons (Fsp3) is 0.143. The van der Waals surface area contributed by atoms with Crippen LogP contribution in [0.2, 0.25) is 0 Å². The van der Waals surface area contributed by atoms with Gasteiger partial charge in [-0.3, -0.25) is 14.5 Å². The molecule has 186 valence electrons. The number of nitrogens with zero attached hydrogens (tertiary/aromatic N) is 3. The molecule has 0 aliphatic heterocycles. The lowest BCUT2D eigenvalue weighted by Gasteiger charge is -2.23. The highest BCUT2D eigenvalue weighted by Crippen LogP contribution is 2.34. The lowest BCUT2D eigenvalue weighted by Crippen LogP contribution is -2.31. The van der Waals surface area contributed by atoms with E-state index in [-0.39, 0.29) is 23.8 Å². The van der Waals surface area contributed by atoms with Crippen LogP contribution in [-0.4, -0.2) is 35.3 Å². The molecule has 1 heterocycles. The van der Waals surface area contributed by atoms with Crippen LogP contribution in [-0.2, 0) is 4.79 Å². The number of nitriles is 1. The fourth-order valence-corrected chi connectivity index (χ4v) is 4.08. The number of anilines is 2. The second kappa shape index (κ2) is 11.9. The van der Waals surface area contributed by atoms with E-state index in [2.05, 4.69) is 9.97 Å². The van der Waals surface area contributed by atoms with Crippen LogP contribution in [0, 0.1) is 11.3 Å². The summed E-state index contributed by atoms with van der Waals surface area (Å²) in [5.74, 6) is 0.459. The Morgan fingerprint density at radius 3 is 2.22 bits per heavy atom. The van der Waals surface area contributed by atoms with Gasteiger partial charge in [-0.05, 0) is 55.6 Å². The minimum Gasteiger partial charge on any atom is -0.490 e. The summed E-state index contributed by atoms with van der Waals surface area (Å²) >= 11 is 1.26. The van der Waals surface area contributed by atoms with Crippen molar-refractivity contribution in [1.82, 2.24) is 9.97 Å². The summed E-state index contributed by atoms with van der Waals surface area (Å²) in [7, 11) is 0. The summed E-state index contributed by atoms with van der Waals surface area (Å²) in [6.45, 7) is 1.93. The first-order chi connectivity index (χ1) is 18.0. The summed E-state index contributed by atoms with van der Waals surface area (Å²) in [6, 6.07) is 25.6. The molecule has 0 aliphatic carbocycles. The number of carbonyl (C=O) groups is 1. The fourth-order valence-electron chi connectivity index (χ4n) is 3.70. The number of para-hydroxylation sites is 2. The number of hydrogen-bond acceptors (Lipinski definition) is 7. The van der Waals surface area contributed by atoms with Gasteiger partial charge in [-0.2, -0.15) is 5.26 Å². The van der Waals surface area contributed by atoms with Gasteiger partial charge in [0, 0.05) is 16.9 Å². The van der Waals surface area contributed by atoms with Gasteiger partial charge in [-0.25, -0.2) is 4.98 Å². The summed E-state index contributed by atoms with van der Waals surface area (Å²) in [5.41, 5.74) is 1.61. The van der Waals surface area contributed by atoms with E-state index < -0.39 is 5.56 Å². The van der Waals surface area contributed by atoms with Crippen molar-refractivity contribution < 1.29 is 14.3 Å². The predicted octanol–water partition coefficient (Wildman–Crippen LogP) is 5.17. The first-order valence-corrected chi connectivity index (χ1v) is 12.7. The molecule has 0 saturated carbocycles. The van der Waals surface area contributed by atoms with Crippen LogP contribution in [0.3, 0.4) is 0 Å². The zero-order valence-corrected chi connectivity index (χ0v) is 21.1. The normalized spacial score (nSPS) is 10.4. The number of thioether (sulfide) groups is 1. The van der Waals surface area contributed by atoms with E-state index in [4.69, 9.17) is 9.47 Å². The number of benzene rings is 3. The van der Waals surface area contributed by atoms with Crippen LogP contribution in [0.1, 0.15) is 12.5 Å². The molecule has 8 nitrogen and oxygen atoms in total. The molecule has 0 radical (unpaired) electrons. The SMILES string of the molecule is CCOc1cc(-c2nc(SC)[nH]c(=O)c2C#N)ccc1OCC(=O)N(c1ccccc1)c1ccccc1. The van der Waals surface area contributed by atoms with E-state index in [9.17, 15) is 14.9 Å². The monoisotopic (exact) mass is 512 g/mol. The molecule has 1 amide bonds. The maximum atomic E-state index is 13.3. The summed E-state index contributed by atoms with van der Waals surface area (Å²) < 4.78 is 11.7. The third-order valence-electron chi connectivity index (χ3n) is 5.35. The van der Waals surface area contributed by atoms with Gasteiger partial charge in [0.15, 0.2) is 23.3 Å². The van der Waals surface area contributed by atoms with Crippen molar-refractivity contribution >= 4 is 29.0 Å². The maximum absolute atomic E-state index is 13.3. The molecule has 0 spiro atoms. The van der Waals surface area contributed by atoms with E-state index in [0.29, 0.717) is 28.8 Å². The van der Waals surface area contributed by atoms with Crippen LogP contribution in [0.15, 0.2) is 88.8 Å². The number of H-pyrrole nitrogens is 1. The molecule has 9 heteroatoms. The summed E-state index contributed by atoms with van der Waals surface area (Å²) in [6.07, 6.45) is 1.78. The lowest BCUT2D eigenvalue weighted by atomic mass is 10.1. The number of nitrogens with one attached hydrogen (secondary N) is 1. The first-order valence-electron chi connectivity index (χ1n) is 11.5. The third-order valence-corrected chi connectivity index (χ3v) is 5.93. The molecule has 4 rings (SSSR count). The number of carbonyl (C=O) groups excluding carboxylic acids is 1. The summed E-state index contributed by atoms with van der Waals surface area (Å²) in [4.78, 5) is 34.3. The van der Waals surface area contributed by atoms with Gasteiger partial charge in [0.25, 0.3) is 11.5 Å². The Hall–Kier alpha value is -4.55. The molecule has 0 saturated heterocycles. The van der Waals surface area contributed by atoms with Gasteiger partial charge in [-0.1, -0.05) is 48.2 Å². The highest BCUT2D eigenvalue weighted by molar-refractivity contribution is 7.98. The third kappa shape index (κ3) is 5.82. The number of amides is 1. The van der Waals surface area contributed by atoms with Crippen molar-refractivity contribution in [3.05, 3.63) is 94.8 Å². The Labute approximate surface area is 218 Å². The zero-order valence-electron chi connectivity index (χ0n) is 20.3. The molecule has 4 aromatic rings. The molecular weight excluding hydrogens is 488 g/mol. The van der Waals surface area contributed by atoms with Crippen molar-refractivity contribution in [2.24, 2.45) is 0 Å². The van der Waals surface area contributed by atoms with E-state index in [1.54, 1.807) is 29.4 Å². The Morgan fingerprint density at radius 1 is 1.00 bits per heavy atom. The van der Waals surface area contributed by atoms with Gasteiger partial charge < -0.3 is 14.5 Å². The molecular formula is C28H24N4O4S. The van der Waals surface area contributed by atoms with Crippen LogP contribution < -0.4 is 19.9 Å². The van der Waals surface area contributed by atoms with E-state index in [1.807, 2.05) is 73.7 Å². The molecule has 1 N–H and O–H groups in total. The predicted molar refractivity (Wildman–Crippen MR) is 143 cm³/mol. The van der Waals surface area contributed by atoms with Crippen molar-refractivity contribution in [1.29, 1.82) is 5.26 Å². The molecule has 0 fully saturated rings. The molecule has 3 aromatic carbocycles. The molecule has 1 aromatic heterocycles. The van der Waals surface area contributed by atoms with Crippen LogP contribution in [0.4, 0.5) is 11.4 Å². The van der Waals surface area contributed by atoms with Gasteiger partial charge >= 0.3 is 0 Å². The van der Waals surface area contributed by atoms with Gasteiger partial charge in [0.05, 0.1) is 12.3 Å². The minimum absolute atomic E-state index is 0.0922. The largest absolute Gasteiger partial charge is 0.490 e. The Morgan fingerprint density at radius 2 is 1.65 bits per heavy atom. The number of aromatic nitrogens is 2. The standard InChI is InChI=1S/C28H24N4O4S/c1-3-35-24-16-19(26-22(17-29)27(34)31-28(30-26)37-2)14-15-23(24)36-18-25(33)32(20-10-6-4-7-11-20)21-12-8-5-9-13-21/h4-16H,3,18H2,1-2H3,(H,30,31,34). The molecule has 0 bridgehead atoms.